The highest BCUT2D eigenvalue weighted by atomic mass is 19.2. The molecule has 0 aliphatic heterocycles. The summed E-state index contributed by atoms with van der Waals surface area (Å²) in [7, 11) is 0. The minimum Gasteiger partial charge on any atom is -0.203 e. The number of halogens is 2. The van der Waals surface area contributed by atoms with Crippen molar-refractivity contribution >= 4 is 12.2 Å². The van der Waals surface area contributed by atoms with Gasteiger partial charge in [0.25, 0.3) is 0 Å². The van der Waals surface area contributed by atoms with E-state index in [9.17, 15) is 8.78 Å². The average molecular weight is 403 g/mol. The van der Waals surface area contributed by atoms with Crippen LogP contribution in [0.15, 0.2) is 78.9 Å². The highest BCUT2D eigenvalue weighted by Gasteiger charge is 2.11. The van der Waals surface area contributed by atoms with Crippen LogP contribution < -0.4 is 0 Å². The molecule has 0 fully saturated rings. The third-order valence-electron chi connectivity index (χ3n) is 5.35. The second-order valence-corrected chi connectivity index (χ2v) is 7.64. The first kappa shape index (κ1) is 21.7. The third kappa shape index (κ3) is 5.76. The second-order valence-electron chi connectivity index (χ2n) is 7.64. The van der Waals surface area contributed by atoms with E-state index in [4.69, 9.17) is 0 Å². The molecule has 0 nitrogen and oxygen atoms in total. The molecule has 2 heteroatoms. The summed E-state index contributed by atoms with van der Waals surface area (Å²) in [5.74, 6) is -1.08. The Morgan fingerprint density at radius 1 is 0.833 bits per heavy atom. The van der Waals surface area contributed by atoms with Crippen molar-refractivity contribution in [2.75, 3.05) is 0 Å². The summed E-state index contributed by atoms with van der Waals surface area (Å²) in [6, 6.07) is 22.0. The molecule has 3 aromatic carbocycles. The molecule has 0 heterocycles. The third-order valence-corrected chi connectivity index (χ3v) is 5.35. The van der Waals surface area contributed by atoms with E-state index < -0.39 is 11.6 Å². The van der Waals surface area contributed by atoms with Gasteiger partial charge in [-0.15, -0.1) is 0 Å². The minimum atomic E-state index is -0.780. The smallest absolute Gasteiger partial charge is 0.166 e. The fourth-order valence-corrected chi connectivity index (χ4v) is 3.54. The van der Waals surface area contributed by atoms with Gasteiger partial charge in [0.1, 0.15) is 0 Å². The quantitative estimate of drug-likeness (QED) is 0.264. The first-order chi connectivity index (χ1) is 14.6. The predicted molar refractivity (Wildman–Crippen MR) is 123 cm³/mol. The summed E-state index contributed by atoms with van der Waals surface area (Å²) in [5, 5.41) is 0. The van der Waals surface area contributed by atoms with Crippen LogP contribution in [0.2, 0.25) is 0 Å². The van der Waals surface area contributed by atoms with Gasteiger partial charge in [-0.1, -0.05) is 98.0 Å². The standard InChI is InChI=1S/C28H28F2/c1-3-4-6-11-25-18-19-26(28(30)27(25)29)17-16-22-12-14-23(15-13-22)20-21(2)24-9-7-5-8-10-24/h3-5,7-10,12-19,21H,6,11,20H2,1-2H3/b4-3+,17-16?/t21-/m1/s1. The Balaban J connectivity index is 1.65. The number of allylic oxidation sites excluding steroid dienone is 2. The van der Waals surface area contributed by atoms with Crippen molar-refractivity contribution in [2.45, 2.75) is 39.0 Å². The number of rotatable bonds is 8. The van der Waals surface area contributed by atoms with Crippen molar-refractivity contribution in [1.82, 2.24) is 0 Å². The maximum Gasteiger partial charge on any atom is 0.166 e. The Bertz CT molecular complexity index is 999. The molecule has 30 heavy (non-hydrogen) atoms. The largest absolute Gasteiger partial charge is 0.203 e. The summed E-state index contributed by atoms with van der Waals surface area (Å²) in [6.07, 6.45) is 9.49. The Labute approximate surface area is 178 Å². The average Bonchev–Trinajstić information content (AvgIpc) is 2.78. The predicted octanol–water partition coefficient (Wildman–Crippen LogP) is 7.99. The Kier molecular flexibility index (Phi) is 7.73. The van der Waals surface area contributed by atoms with Crippen LogP contribution in [0.4, 0.5) is 8.78 Å². The van der Waals surface area contributed by atoms with Crippen LogP contribution in [0.25, 0.3) is 12.2 Å². The van der Waals surface area contributed by atoms with Gasteiger partial charge in [-0.25, -0.2) is 8.78 Å². The molecule has 0 saturated carbocycles. The van der Waals surface area contributed by atoms with Crippen molar-refractivity contribution < 1.29 is 8.78 Å². The molecule has 0 N–H and O–H groups in total. The number of hydrogen-bond donors (Lipinski definition) is 0. The van der Waals surface area contributed by atoms with Gasteiger partial charge in [-0.3, -0.25) is 0 Å². The van der Waals surface area contributed by atoms with E-state index in [1.54, 1.807) is 18.2 Å². The molecule has 0 aliphatic carbocycles. The van der Waals surface area contributed by atoms with Crippen LogP contribution in [0, 0.1) is 11.6 Å². The Morgan fingerprint density at radius 3 is 2.27 bits per heavy atom. The van der Waals surface area contributed by atoms with Crippen molar-refractivity contribution in [1.29, 1.82) is 0 Å². The molecule has 0 aliphatic rings. The summed E-state index contributed by atoms with van der Waals surface area (Å²) in [4.78, 5) is 0. The van der Waals surface area contributed by atoms with E-state index >= 15 is 0 Å². The molecule has 0 spiro atoms. The lowest BCUT2D eigenvalue weighted by atomic mass is 9.93. The molecule has 0 saturated heterocycles. The molecule has 154 valence electrons. The van der Waals surface area contributed by atoms with Gasteiger partial charge in [0, 0.05) is 5.56 Å². The first-order valence-corrected chi connectivity index (χ1v) is 10.5. The molecule has 1 atom stereocenters. The summed E-state index contributed by atoms with van der Waals surface area (Å²) < 4.78 is 28.7. The normalized spacial score (nSPS) is 12.7. The van der Waals surface area contributed by atoms with Crippen molar-refractivity contribution in [3.05, 3.63) is 118 Å². The lowest BCUT2D eigenvalue weighted by Gasteiger charge is -2.12. The van der Waals surface area contributed by atoms with Gasteiger partial charge in [0.2, 0.25) is 0 Å². The molecule has 0 unspecified atom stereocenters. The molecule has 0 bridgehead atoms. The molecular formula is C28H28F2. The fraction of sp³-hybridized carbons (Fsp3) is 0.214. The molecule has 0 amide bonds. The molecule has 0 aromatic heterocycles. The second kappa shape index (κ2) is 10.7. The summed E-state index contributed by atoms with van der Waals surface area (Å²) in [5.41, 5.74) is 4.23. The van der Waals surface area contributed by atoms with Crippen LogP contribution in [-0.2, 0) is 12.8 Å². The zero-order chi connectivity index (χ0) is 21.3. The SMILES string of the molecule is C/C=C/CCc1ccc(C=Cc2ccc(C[C@@H](C)c3ccccc3)cc2)c(F)c1F. The van der Waals surface area contributed by atoms with E-state index in [-0.39, 0.29) is 5.56 Å². The van der Waals surface area contributed by atoms with E-state index in [1.807, 2.05) is 43.4 Å². The fourth-order valence-electron chi connectivity index (χ4n) is 3.54. The van der Waals surface area contributed by atoms with Crippen LogP contribution in [0.3, 0.4) is 0 Å². The summed E-state index contributed by atoms with van der Waals surface area (Å²) >= 11 is 0. The van der Waals surface area contributed by atoms with Gasteiger partial charge in [0.15, 0.2) is 11.6 Å². The van der Waals surface area contributed by atoms with Crippen LogP contribution in [0.5, 0.6) is 0 Å². The van der Waals surface area contributed by atoms with Gasteiger partial charge < -0.3 is 0 Å². The topological polar surface area (TPSA) is 0 Å². The van der Waals surface area contributed by atoms with Gasteiger partial charge in [-0.05, 0) is 54.4 Å². The van der Waals surface area contributed by atoms with Crippen LogP contribution in [0.1, 0.15) is 54.0 Å². The number of hydrogen-bond acceptors (Lipinski definition) is 0. The molecular weight excluding hydrogens is 374 g/mol. The van der Waals surface area contributed by atoms with Gasteiger partial charge in [-0.2, -0.15) is 0 Å². The number of aryl methyl sites for hydroxylation is 1. The molecule has 0 radical (unpaired) electrons. The molecule has 3 rings (SSSR count). The van der Waals surface area contributed by atoms with Crippen molar-refractivity contribution in [3.8, 4) is 0 Å². The van der Waals surface area contributed by atoms with Gasteiger partial charge >= 0.3 is 0 Å². The summed E-state index contributed by atoms with van der Waals surface area (Å²) in [6.45, 7) is 4.14. The lowest BCUT2D eigenvalue weighted by molar-refractivity contribution is 0.497. The number of benzene rings is 3. The maximum absolute atomic E-state index is 14.4. The Morgan fingerprint density at radius 2 is 1.57 bits per heavy atom. The maximum atomic E-state index is 14.4. The highest BCUT2D eigenvalue weighted by molar-refractivity contribution is 5.70. The van der Waals surface area contributed by atoms with Crippen LogP contribution in [-0.4, -0.2) is 0 Å². The van der Waals surface area contributed by atoms with Gasteiger partial charge in [0.05, 0.1) is 0 Å². The first-order valence-electron chi connectivity index (χ1n) is 10.5. The molecule has 3 aromatic rings. The highest BCUT2D eigenvalue weighted by Crippen LogP contribution is 2.22. The lowest BCUT2D eigenvalue weighted by Crippen LogP contribution is -1.98. The zero-order valence-corrected chi connectivity index (χ0v) is 17.6. The van der Waals surface area contributed by atoms with Crippen molar-refractivity contribution in [3.63, 3.8) is 0 Å². The van der Waals surface area contributed by atoms with E-state index in [0.717, 1.165) is 12.0 Å². The zero-order valence-electron chi connectivity index (χ0n) is 17.6. The Hall–Kier alpha value is -3.00. The van der Waals surface area contributed by atoms with E-state index in [0.29, 0.717) is 24.3 Å². The van der Waals surface area contributed by atoms with E-state index in [2.05, 4.69) is 43.3 Å². The minimum absolute atomic E-state index is 0.268. The van der Waals surface area contributed by atoms with E-state index in [1.165, 1.54) is 11.1 Å². The van der Waals surface area contributed by atoms with Crippen molar-refractivity contribution in [2.24, 2.45) is 0 Å². The van der Waals surface area contributed by atoms with Crippen LogP contribution >= 0.6 is 0 Å². The monoisotopic (exact) mass is 402 g/mol.